The number of hydrogen-bond donors (Lipinski definition) is 2. The second-order valence-corrected chi connectivity index (χ2v) is 12.9. The first-order valence-corrected chi connectivity index (χ1v) is 15.0. The van der Waals surface area contributed by atoms with Crippen LogP contribution in [0.2, 0.25) is 5.02 Å². The van der Waals surface area contributed by atoms with E-state index in [9.17, 15) is 22.9 Å². The van der Waals surface area contributed by atoms with Crippen LogP contribution in [0.3, 0.4) is 0 Å². The molecule has 2 atom stereocenters. The summed E-state index contributed by atoms with van der Waals surface area (Å²) in [4.78, 5) is 12.4. The van der Waals surface area contributed by atoms with Gasteiger partial charge in [-0.25, -0.2) is 9.28 Å². The van der Waals surface area contributed by atoms with Gasteiger partial charge < -0.3 is 5.11 Å². The molecule has 3 heterocycles. The number of thiazole rings is 1. The summed E-state index contributed by atoms with van der Waals surface area (Å²) >= 11 is 9.38. The lowest BCUT2D eigenvalue weighted by molar-refractivity contribution is -0.665. The van der Waals surface area contributed by atoms with Gasteiger partial charge in [0.05, 0.1) is 23.4 Å². The standard InChI is InChI=1S/C25H23ClN2O5S3/c1-3-15(11-22-27(4-2)18-13-16(25(29)30)5-7-20(18)34-22)12-23-28(10-9-24(28)36(31,32)33)19-14-17(26)6-8-21(19)35-23/h5-8,11-14,24H,3-4,9-10H2,1-2H3/p+2. The van der Waals surface area contributed by atoms with Gasteiger partial charge in [0.2, 0.25) is 10.9 Å². The Labute approximate surface area is 222 Å². The second-order valence-electron chi connectivity index (χ2n) is 8.79. The number of fused-ring (bicyclic) bond motifs is 3. The summed E-state index contributed by atoms with van der Waals surface area (Å²) in [5, 5.41) is 10.8. The van der Waals surface area contributed by atoms with Crippen LogP contribution in [0.5, 0.6) is 0 Å². The van der Waals surface area contributed by atoms with Crippen molar-refractivity contribution in [1.29, 1.82) is 0 Å². The van der Waals surface area contributed by atoms with E-state index in [1.165, 1.54) is 11.8 Å². The van der Waals surface area contributed by atoms with Crippen molar-refractivity contribution < 1.29 is 27.4 Å². The molecular formula is C25H25ClN2O5S3+2. The van der Waals surface area contributed by atoms with E-state index in [4.69, 9.17) is 11.6 Å². The number of aromatic nitrogens is 1. The normalized spacial score (nSPS) is 22.8. The van der Waals surface area contributed by atoms with Crippen LogP contribution in [0.4, 0.5) is 5.69 Å². The van der Waals surface area contributed by atoms with Crippen molar-refractivity contribution in [3.63, 3.8) is 0 Å². The number of aryl methyl sites for hydroxylation is 1. The molecular weight excluding hydrogens is 540 g/mol. The Bertz CT molecular complexity index is 1580. The average molecular weight is 565 g/mol. The summed E-state index contributed by atoms with van der Waals surface area (Å²) in [7, 11) is -4.28. The molecule has 1 saturated heterocycles. The van der Waals surface area contributed by atoms with E-state index in [0.717, 1.165) is 36.4 Å². The minimum absolute atomic E-state index is 0.0545. The number of nitrogens with zero attached hydrogens (tertiary/aromatic N) is 2. The molecule has 36 heavy (non-hydrogen) atoms. The van der Waals surface area contributed by atoms with E-state index in [0.29, 0.717) is 31.0 Å². The molecule has 0 radical (unpaired) electrons. The molecule has 7 nitrogen and oxygen atoms in total. The van der Waals surface area contributed by atoms with Crippen LogP contribution in [0.25, 0.3) is 16.3 Å². The van der Waals surface area contributed by atoms with E-state index in [2.05, 4.69) is 10.6 Å². The van der Waals surface area contributed by atoms with E-state index in [-0.39, 0.29) is 10.0 Å². The van der Waals surface area contributed by atoms with Crippen LogP contribution < -0.4 is 9.05 Å². The van der Waals surface area contributed by atoms with Crippen LogP contribution in [-0.2, 0) is 16.7 Å². The molecule has 11 heteroatoms. The third-order valence-corrected chi connectivity index (χ3v) is 10.7. The molecule has 2 aliphatic heterocycles. The van der Waals surface area contributed by atoms with Gasteiger partial charge in [-0.05, 0) is 54.9 Å². The van der Waals surface area contributed by atoms with Gasteiger partial charge in [-0.3, -0.25) is 4.55 Å². The highest BCUT2D eigenvalue weighted by atomic mass is 35.5. The fraction of sp³-hybridized carbons (Fsp3) is 0.280. The van der Waals surface area contributed by atoms with Gasteiger partial charge in [0, 0.05) is 29.3 Å². The van der Waals surface area contributed by atoms with Crippen LogP contribution >= 0.6 is 34.7 Å². The molecule has 0 bridgehead atoms. The number of carboxylic acid groups (broad SMARTS) is 1. The lowest BCUT2D eigenvalue weighted by Gasteiger charge is -2.47. The van der Waals surface area contributed by atoms with Gasteiger partial charge in [0.15, 0.2) is 10.7 Å². The Balaban J connectivity index is 1.63. The minimum Gasteiger partial charge on any atom is -0.478 e. The highest BCUT2D eigenvalue weighted by molar-refractivity contribution is 8.03. The molecule has 188 valence electrons. The summed E-state index contributed by atoms with van der Waals surface area (Å²) in [6.45, 7) is 5.29. The predicted molar refractivity (Wildman–Crippen MR) is 145 cm³/mol. The number of thioether (sulfide) groups is 1. The number of rotatable bonds is 6. The first-order valence-electron chi connectivity index (χ1n) is 11.5. The third kappa shape index (κ3) is 4.09. The van der Waals surface area contributed by atoms with Crippen molar-refractivity contribution in [3.8, 4) is 0 Å². The average Bonchev–Trinajstić information content (AvgIpc) is 3.31. The highest BCUT2D eigenvalue weighted by Gasteiger charge is 2.61. The maximum atomic E-state index is 12.3. The van der Waals surface area contributed by atoms with Crippen molar-refractivity contribution in [1.82, 2.24) is 4.48 Å². The summed E-state index contributed by atoms with van der Waals surface area (Å²) in [5.74, 6) is -0.961. The fourth-order valence-electron chi connectivity index (χ4n) is 4.97. The Morgan fingerprint density at radius 2 is 2.03 bits per heavy atom. The molecule has 1 fully saturated rings. The number of benzene rings is 2. The Morgan fingerprint density at radius 3 is 2.64 bits per heavy atom. The monoisotopic (exact) mass is 564 g/mol. The number of halogens is 1. The Morgan fingerprint density at radius 1 is 1.25 bits per heavy atom. The predicted octanol–water partition coefficient (Wildman–Crippen LogP) is 5.93. The lowest BCUT2D eigenvalue weighted by Crippen LogP contribution is -2.66. The van der Waals surface area contributed by atoms with E-state index in [1.54, 1.807) is 35.6 Å². The van der Waals surface area contributed by atoms with Crippen molar-refractivity contribution in [2.24, 2.45) is 0 Å². The molecule has 2 aliphatic rings. The first kappa shape index (κ1) is 25.4. The molecule has 2 aromatic carbocycles. The zero-order valence-corrected chi connectivity index (χ0v) is 22.8. The van der Waals surface area contributed by atoms with E-state index < -0.39 is 21.5 Å². The zero-order chi connectivity index (χ0) is 25.8. The van der Waals surface area contributed by atoms with Crippen LogP contribution in [0.1, 0.15) is 42.1 Å². The maximum Gasteiger partial charge on any atom is 0.335 e. The van der Waals surface area contributed by atoms with Gasteiger partial charge in [-0.1, -0.05) is 29.9 Å². The summed E-state index contributed by atoms with van der Waals surface area (Å²) < 4.78 is 37.8. The molecule has 0 aliphatic carbocycles. The Kier molecular flexibility index (Phi) is 6.55. The van der Waals surface area contributed by atoms with Crippen LogP contribution in [0.15, 0.2) is 58.0 Å². The largest absolute Gasteiger partial charge is 0.478 e. The number of aromatic carboxylic acids is 1. The molecule has 2 unspecified atom stereocenters. The minimum atomic E-state index is -4.28. The Hall–Kier alpha value is -2.21. The summed E-state index contributed by atoms with van der Waals surface area (Å²) in [5.41, 5.74) is 2.92. The smallest absolute Gasteiger partial charge is 0.335 e. The number of allylic oxidation sites excluding steroid dienone is 2. The number of carboxylic acids is 1. The van der Waals surface area contributed by atoms with Crippen molar-refractivity contribution in [3.05, 3.63) is 68.7 Å². The SMILES string of the molecule is CCC(=Cc1sc2ccc(C(=O)O)cc2[n+]1CC)C=C1Sc2ccc(Cl)cc2[N+]12CCC2S(=O)(=O)O. The summed E-state index contributed by atoms with van der Waals surface area (Å²) in [6, 6.07) is 10.6. The van der Waals surface area contributed by atoms with E-state index >= 15 is 0 Å². The zero-order valence-electron chi connectivity index (χ0n) is 19.6. The molecule has 0 amide bonds. The van der Waals surface area contributed by atoms with Crippen molar-refractivity contribution in [2.75, 3.05) is 6.54 Å². The molecule has 5 rings (SSSR count). The van der Waals surface area contributed by atoms with Gasteiger partial charge in [0.1, 0.15) is 11.2 Å². The van der Waals surface area contributed by atoms with Gasteiger partial charge >= 0.3 is 16.1 Å². The van der Waals surface area contributed by atoms with E-state index in [1.807, 2.05) is 32.1 Å². The van der Waals surface area contributed by atoms with Crippen LogP contribution in [-0.4, -0.2) is 36.0 Å². The number of quaternary nitrogens is 1. The van der Waals surface area contributed by atoms with Crippen LogP contribution in [0, 0.1) is 0 Å². The molecule has 1 spiro atoms. The third-order valence-electron chi connectivity index (χ3n) is 6.84. The lowest BCUT2D eigenvalue weighted by atomic mass is 10.1. The van der Waals surface area contributed by atoms with Gasteiger partial charge in [0.25, 0.3) is 5.01 Å². The molecule has 3 aromatic rings. The number of hydrogen-bond acceptors (Lipinski definition) is 5. The van der Waals surface area contributed by atoms with Crippen molar-refractivity contribution >= 4 is 72.8 Å². The highest BCUT2D eigenvalue weighted by Crippen LogP contribution is 2.58. The number of carbonyl (C=O) groups is 1. The van der Waals surface area contributed by atoms with Crippen molar-refractivity contribution in [2.45, 2.75) is 43.5 Å². The summed E-state index contributed by atoms with van der Waals surface area (Å²) in [6.07, 6.45) is 5.18. The first-order chi connectivity index (χ1) is 17.1. The second kappa shape index (κ2) is 9.27. The fourth-order valence-corrected chi connectivity index (χ4v) is 8.96. The molecule has 1 aromatic heterocycles. The van der Waals surface area contributed by atoms with Gasteiger partial charge in [-0.15, -0.1) is 0 Å². The molecule has 2 N–H and O–H groups in total. The quantitative estimate of drug-likeness (QED) is 0.219. The van der Waals surface area contributed by atoms with Gasteiger partial charge in [-0.2, -0.15) is 13.0 Å². The maximum absolute atomic E-state index is 12.3. The topological polar surface area (TPSA) is 95.5 Å². The molecule has 0 saturated carbocycles.